The molecule has 2 aliphatic carbocycles. The van der Waals surface area contributed by atoms with Crippen LogP contribution in [0.15, 0.2) is 30.4 Å². The molecule has 7 atom stereocenters. The van der Waals surface area contributed by atoms with Crippen molar-refractivity contribution in [1.29, 1.82) is 0 Å². The topological polar surface area (TPSA) is 195 Å². The van der Waals surface area contributed by atoms with Crippen LogP contribution in [0.2, 0.25) is 5.15 Å². The van der Waals surface area contributed by atoms with Crippen LogP contribution >= 0.6 is 11.6 Å². The number of benzene rings is 1. The molecule has 1 aromatic heterocycles. The number of amides is 4. The van der Waals surface area contributed by atoms with Gasteiger partial charge in [-0.3, -0.25) is 19.1 Å². The number of hydrogen-bond donors (Lipinski definition) is 3. The summed E-state index contributed by atoms with van der Waals surface area (Å²) in [4.78, 5) is 66.5. The van der Waals surface area contributed by atoms with Gasteiger partial charge in [-0.05, 0) is 83.3 Å². The Morgan fingerprint density at radius 3 is 2.47 bits per heavy atom. The molecule has 4 amide bonds. The second kappa shape index (κ2) is 16.2. The maximum atomic E-state index is 14.9. The number of fused-ring (bicyclic) bond motifs is 3. The van der Waals surface area contributed by atoms with Crippen molar-refractivity contribution in [3.8, 4) is 11.6 Å². The van der Waals surface area contributed by atoms with Gasteiger partial charge in [0.1, 0.15) is 29.5 Å². The molecule has 1 aromatic carbocycles. The number of nitrogens with zero attached hydrogens (tertiary/aromatic N) is 3. The molecule has 2 saturated carbocycles. The van der Waals surface area contributed by atoms with E-state index < -0.39 is 85.9 Å². The van der Waals surface area contributed by atoms with Crippen molar-refractivity contribution in [3.63, 3.8) is 0 Å². The van der Waals surface area contributed by atoms with Gasteiger partial charge in [0.05, 0.1) is 29.4 Å². The van der Waals surface area contributed by atoms with Gasteiger partial charge < -0.3 is 29.7 Å². The third kappa shape index (κ3) is 9.20. The van der Waals surface area contributed by atoms with Crippen molar-refractivity contribution in [2.75, 3.05) is 13.7 Å². The zero-order valence-corrected chi connectivity index (χ0v) is 35.2. The first-order chi connectivity index (χ1) is 27.5. The van der Waals surface area contributed by atoms with E-state index in [0.717, 1.165) is 4.90 Å². The first kappa shape index (κ1) is 44.2. The van der Waals surface area contributed by atoms with Crippen molar-refractivity contribution >= 4 is 56.5 Å². The molecular weight excluding hydrogens is 821 g/mol. The predicted molar refractivity (Wildman–Crippen MR) is 209 cm³/mol. The molecule has 2 aliphatic heterocycles. The van der Waals surface area contributed by atoms with Gasteiger partial charge in [-0.15, -0.1) is 0 Å². The number of aromatic nitrogens is 2. The second-order valence-corrected chi connectivity index (χ2v) is 19.4. The number of sulfonamides is 1. The van der Waals surface area contributed by atoms with E-state index in [1.54, 1.807) is 31.2 Å². The Hall–Kier alpha value is -4.39. The summed E-state index contributed by atoms with van der Waals surface area (Å²) in [5, 5.41) is 5.06. The third-order valence-corrected chi connectivity index (χ3v) is 14.4. The molecule has 1 saturated heterocycles. The molecule has 324 valence electrons. The Morgan fingerprint density at radius 2 is 1.83 bits per heavy atom. The summed E-state index contributed by atoms with van der Waals surface area (Å²) in [6, 6.07) is 2.09. The highest BCUT2D eigenvalue weighted by atomic mass is 35.5. The van der Waals surface area contributed by atoms with Crippen molar-refractivity contribution in [2.24, 2.45) is 17.8 Å². The van der Waals surface area contributed by atoms with Crippen molar-refractivity contribution in [2.45, 2.75) is 126 Å². The fourth-order valence-electron chi connectivity index (χ4n) is 7.62. The van der Waals surface area contributed by atoms with E-state index in [2.05, 4.69) is 25.3 Å². The summed E-state index contributed by atoms with van der Waals surface area (Å²) >= 11 is 6.49. The summed E-state index contributed by atoms with van der Waals surface area (Å²) < 4.78 is 85.1. The molecule has 2 aromatic rings. The highest BCUT2D eigenvalue weighted by molar-refractivity contribution is 7.91. The van der Waals surface area contributed by atoms with Crippen LogP contribution in [0.25, 0.3) is 11.0 Å². The minimum atomic E-state index is -4.93. The Bertz CT molecular complexity index is 2140. The molecule has 4 aliphatic rings. The van der Waals surface area contributed by atoms with Crippen LogP contribution in [0.4, 0.5) is 18.0 Å². The average Bonchev–Trinajstić information content (AvgIpc) is 4.03. The summed E-state index contributed by atoms with van der Waals surface area (Å²) in [7, 11) is -2.62. The van der Waals surface area contributed by atoms with Crippen molar-refractivity contribution in [1.82, 2.24) is 30.2 Å². The summed E-state index contributed by atoms with van der Waals surface area (Å²) in [5.74, 6) is -3.42. The first-order valence-corrected chi connectivity index (χ1v) is 21.5. The van der Waals surface area contributed by atoms with E-state index >= 15 is 0 Å². The van der Waals surface area contributed by atoms with Gasteiger partial charge in [0, 0.05) is 18.4 Å². The zero-order chi connectivity index (χ0) is 43.3. The molecule has 15 nitrogen and oxygen atoms in total. The van der Waals surface area contributed by atoms with Gasteiger partial charge in [-0.2, -0.15) is 13.2 Å². The number of hydrogen-bond acceptors (Lipinski definition) is 11. The Kier molecular flexibility index (Phi) is 12.2. The predicted octanol–water partition coefficient (Wildman–Crippen LogP) is 5.35. The molecule has 3 fully saturated rings. The van der Waals surface area contributed by atoms with Gasteiger partial charge in [0.15, 0.2) is 5.15 Å². The van der Waals surface area contributed by atoms with Gasteiger partial charge in [0.2, 0.25) is 27.4 Å². The number of ether oxygens (including phenoxy) is 3. The Morgan fingerprint density at radius 1 is 1.12 bits per heavy atom. The van der Waals surface area contributed by atoms with Crippen LogP contribution in [0.5, 0.6) is 11.6 Å². The lowest BCUT2D eigenvalue weighted by Crippen LogP contribution is -2.60. The van der Waals surface area contributed by atoms with Crippen LogP contribution in [-0.2, 0) is 29.1 Å². The second-order valence-electron chi connectivity index (χ2n) is 16.8. The number of rotatable bonds is 9. The number of alkyl carbamates (subject to hydrolysis) is 1. The van der Waals surface area contributed by atoms with Crippen molar-refractivity contribution < 1.29 is 55.0 Å². The minimum absolute atomic E-state index is 0.0522. The molecule has 6 rings (SSSR count). The Labute approximate surface area is 345 Å². The van der Waals surface area contributed by atoms with Gasteiger partial charge in [0.25, 0.3) is 11.8 Å². The number of alkyl halides is 3. The van der Waals surface area contributed by atoms with E-state index in [4.69, 9.17) is 25.8 Å². The van der Waals surface area contributed by atoms with E-state index in [9.17, 15) is 40.8 Å². The lowest BCUT2D eigenvalue weighted by Gasteiger charge is -2.35. The number of allylic oxidation sites excluding steroid dienone is 1. The number of methoxy groups -OCH3 is 1. The summed E-state index contributed by atoms with van der Waals surface area (Å²) in [5.41, 5.74) is -3.78. The number of nitrogens with one attached hydrogen (secondary N) is 3. The average molecular weight is 871 g/mol. The quantitative estimate of drug-likeness (QED) is 0.275. The van der Waals surface area contributed by atoms with E-state index in [1.807, 2.05) is 13.0 Å². The van der Waals surface area contributed by atoms with Crippen LogP contribution in [0.1, 0.15) is 86.0 Å². The monoisotopic (exact) mass is 870 g/mol. The lowest BCUT2D eigenvalue weighted by atomic mass is 9.85. The first-order valence-electron chi connectivity index (χ1n) is 19.6. The summed E-state index contributed by atoms with van der Waals surface area (Å²) in [6.45, 7) is 6.33. The van der Waals surface area contributed by atoms with Gasteiger partial charge in [-0.25, -0.2) is 23.2 Å². The van der Waals surface area contributed by atoms with Crippen LogP contribution in [0.3, 0.4) is 0 Å². The third-order valence-electron chi connectivity index (χ3n) is 12.0. The largest absolute Gasteiger partial charge is 0.497 e. The minimum Gasteiger partial charge on any atom is -0.497 e. The fraction of sp³-hybridized carbons (Fsp3) is 0.641. The van der Waals surface area contributed by atoms with Gasteiger partial charge >= 0.3 is 12.3 Å². The molecule has 0 bridgehead atoms. The standard InChI is InChI=1S/C39H50ClF3N6O9S/c1-7-22-16-21(2)10-8-9-11-23-19-38(23,34(52)48-59(54,55)37(5)14-15-37)47-31(50)28-18-25(57-32-30(40)44-26-13-12-24(56-6)17-27(26)45-32)20-49(28)33(51)29(22)46-35(53)58-36(3,4)39(41,42)43/h9,11-13,17,21-23,25,28-29H,7-8,10,14-16,18-20H2,1-6H3,(H,46,53)(H,47,50)(H,48,52)/b11-9-/t21-,22-,23?,25-,28+,29+,38-/m1/s1. The van der Waals surface area contributed by atoms with Crippen LogP contribution in [0, 0.1) is 17.8 Å². The Balaban J connectivity index is 1.37. The molecule has 59 heavy (non-hydrogen) atoms. The summed E-state index contributed by atoms with van der Waals surface area (Å²) in [6.07, 6.45) is -1.32. The molecule has 3 N–H and O–H groups in total. The maximum Gasteiger partial charge on any atom is 0.427 e. The fourth-order valence-corrected chi connectivity index (χ4v) is 9.11. The maximum absolute atomic E-state index is 14.9. The van der Waals surface area contributed by atoms with Gasteiger partial charge in [-0.1, -0.05) is 44.0 Å². The molecule has 20 heteroatoms. The molecular formula is C39H50ClF3N6O9S. The molecule has 1 unspecified atom stereocenters. The van der Waals surface area contributed by atoms with E-state index in [0.29, 0.717) is 69.2 Å². The zero-order valence-electron chi connectivity index (χ0n) is 33.7. The number of carbonyl (C=O) groups excluding carboxylic acids is 4. The molecule has 3 heterocycles. The number of carbonyl (C=O) groups is 4. The molecule has 0 radical (unpaired) electrons. The highest BCUT2D eigenvalue weighted by Gasteiger charge is 2.63. The molecule has 0 spiro atoms. The van der Waals surface area contributed by atoms with Crippen LogP contribution < -0.4 is 24.8 Å². The van der Waals surface area contributed by atoms with Crippen molar-refractivity contribution in [3.05, 3.63) is 35.5 Å². The van der Waals surface area contributed by atoms with E-state index in [1.165, 1.54) is 14.0 Å². The van der Waals surface area contributed by atoms with E-state index in [-0.39, 0.29) is 36.3 Å². The smallest absolute Gasteiger partial charge is 0.427 e. The highest BCUT2D eigenvalue weighted by Crippen LogP contribution is 2.48. The number of halogens is 4. The normalized spacial score (nSPS) is 29.2. The SMILES string of the molecule is CC[C@@H]1C[C@H](C)CC/C=C\C2C[C@@]2(C(=O)NS(=O)(=O)C2(C)CC2)NC(=O)[C@@H]2C[C@@H](Oc3nc4cc(OC)ccc4nc3Cl)CN2C(=O)[C@H]1NC(=O)OC(C)(C)C(F)(F)F. The lowest BCUT2D eigenvalue weighted by molar-refractivity contribution is -0.244. The van der Waals surface area contributed by atoms with Crippen LogP contribution in [-0.4, -0.2) is 101 Å².